The molecule has 0 N–H and O–H groups in total. The Kier molecular flexibility index (Phi) is 5.68. The summed E-state index contributed by atoms with van der Waals surface area (Å²) in [6, 6.07) is 2.74. The molecule has 0 unspecified atom stereocenters. The van der Waals surface area contributed by atoms with E-state index >= 15 is 0 Å². The van der Waals surface area contributed by atoms with Crippen LogP contribution in [0.1, 0.15) is 37.6 Å². The van der Waals surface area contributed by atoms with Gasteiger partial charge in [0.15, 0.2) is 5.78 Å². The fraction of sp³-hybridized carbons (Fsp3) is 0.364. The largest absolute Gasteiger partial charge is 0.295 e. The first-order chi connectivity index (χ1) is 6.51. The smallest absolute Gasteiger partial charge is 0.160 e. The van der Waals surface area contributed by atoms with E-state index in [-0.39, 0.29) is 11.3 Å². The lowest BCUT2D eigenvalue weighted by Gasteiger charge is -1.95. The van der Waals surface area contributed by atoms with Gasteiger partial charge < -0.3 is 0 Å². The van der Waals surface area contributed by atoms with Crippen molar-refractivity contribution in [2.75, 3.05) is 0 Å². The molecule has 0 aromatic heterocycles. The molecular formula is C11H14F2O. The molecule has 0 spiro atoms. The average molecular weight is 200 g/mol. The van der Waals surface area contributed by atoms with Crippen molar-refractivity contribution in [3.8, 4) is 0 Å². The van der Waals surface area contributed by atoms with E-state index in [1.807, 2.05) is 0 Å². The zero-order chi connectivity index (χ0) is 11.1. The highest BCUT2D eigenvalue weighted by molar-refractivity contribution is 5.93. The normalized spacial score (nSPS) is 8.93. The van der Waals surface area contributed by atoms with Crippen LogP contribution in [0, 0.1) is 11.6 Å². The van der Waals surface area contributed by atoms with E-state index < -0.39 is 11.6 Å². The monoisotopic (exact) mass is 200 g/mol. The van der Waals surface area contributed by atoms with Crippen LogP contribution in [0.3, 0.4) is 0 Å². The SMILES string of the molecule is CC(=O)c1cc(F)cc(F)c1.CCC. The summed E-state index contributed by atoms with van der Waals surface area (Å²) >= 11 is 0. The van der Waals surface area contributed by atoms with Crippen molar-refractivity contribution in [2.45, 2.75) is 27.2 Å². The Hall–Kier alpha value is -1.25. The third-order valence-electron chi connectivity index (χ3n) is 1.27. The zero-order valence-electron chi connectivity index (χ0n) is 8.60. The van der Waals surface area contributed by atoms with Gasteiger partial charge in [-0.3, -0.25) is 4.79 Å². The van der Waals surface area contributed by atoms with Gasteiger partial charge >= 0.3 is 0 Å². The lowest BCUT2D eigenvalue weighted by Crippen LogP contribution is -1.93. The Morgan fingerprint density at radius 3 is 1.79 bits per heavy atom. The maximum atomic E-state index is 12.4. The van der Waals surface area contributed by atoms with Crippen molar-refractivity contribution in [3.05, 3.63) is 35.4 Å². The first-order valence-electron chi connectivity index (χ1n) is 4.48. The quantitative estimate of drug-likeness (QED) is 0.633. The number of carbonyl (C=O) groups is 1. The molecule has 0 atom stereocenters. The van der Waals surface area contributed by atoms with Gasteiger partial charge in [-0.15, -0.1) is 0 Å². The Balaban J connectivity index is 0.000000500. The predicted octanol–water partition coefficient (Wildman–Crippen LogP) is 3.58. The maximum absolute atomic E-state index is 12.4. The minimum atomic E-state index is -0.727. The Morgan fingerprint density at radius 2 is 1.50 bits per heavy atom. The molecule has 0 amide bonds. The Morgan fingerprint density at radius 1 is 1.14 bits per heavy atom. The topological polar surface area (TPSA) is 17.1 Å². The molecule has 1 nitrogen and oxygen atoms in total. The average Bonchev–Trinajstić information content (AvgIpc) is 2.03. The highest BCUT2D eigenvalue weighted by Gasteiger charge is 2.03. The first-order valence-corrected chi connectivity index (χ1v) is 4.48. The summed E-state index contributed by atoms with van der Waals surface area (Å²) in [5, 5.41) is 0. The first kappa shape index (κ1) is 12.8. The molecule has 0 aliphatic rings. The highest BCUT2D eigenvalue weighted by atomic mass is 19.1. The molecule has 0 fully saturated rings. The van der Waals surface area contributed by atoms with Crippen LogP contribution in [0.2, 0.25) is 0 Å². The van der Waals surface area contributed by atoms with E-state index in [9.17, 15) is 13.6 Å². The number of carbonyl (C=O) groups excluding carboxylic acids is 1. The van der Waals surface area contributed by atoms with Gasteiger partial charge in [-0.25, -0.2) is 8.78 Å². The fourth-order valence-electron chi connectivity index (χ4n) is 0.757. The maximum Gasteiger partial charge on any atom is 0.160 e. The van der Waals surface area contributed by atoms with Gasteiger partial charge in [-0.2, -0.15) is 0 Å². The molecule has 14 heavy (non-hydrogen) atoms. The van der Waals surface area contributed by atoms with Gasteiger partial charge in [0.05, 0.1) is 0 Å². The van der Waals surface area contributed by atoms with Crippen LogP contribution in [-0.2, 0) is 0 Å². The zero-order valence-corrected chi connectivity index (χ0v) is 8.60. The number of benzene rings is 1. The minimum absolute atomic E-state index is 0.0579. The molecule has 1 aromatic rings. The van der Waals surface area contributed by atoms with Crippen LogP contribution in [0.4, 0.5) is 8.78 Å². The van der Waals surface area contributed by atoms with Crippen LogP contribution in [0.25, 0.3) is 0 Å². The molecule has 1 aromatic carbocycles. The third kappa shape index (κ3) is 4.70. The standard InChI is InChI=1S/C8H6F2O.C3H8/c1-5(11)6-2-7(9)4-8(10)3-6;1-3-2/h2-4H,1H3;3H2,1-2H3. The summed E-state index contributed by atoms with van der Waals surface area (Å²) in [4.78, 5) is 10.6. The number of hydrogen-bond acceptors (Lipinski definition) is 1. The summed E-state index contributed by atoms with van der Waals surface area (Å²) in [5.74, 6) is -1.80. The number of Topliss-reactive ketones (excluding diaryl/α,β-unsaturated/α-hetero) is 1. The summed E-state index contributed by atoms with van der Waals surface area (Å²) in [6.07, 6.45) is 1.25. The fourth-order valence-corrected chi connectivity index (χ4v) is 0.757. The molecule has 0 saturated heterocycles. The van der Waals surface area contributed by atoms with Crippen LogP contribution < -0.4 is 0 Å². The van der Waals surface area contributed by atoms with Gasteiger partial charge in [0.1, 0.15) is 11.6 Å². The summed E-state index contributed by atoms with van der Waals surface area (Å²) in [6.45, 7) is 5.51. The van der Waals surface area contributed by atoms with Gasteiger partial charge in [0.25, 0.3) is 0 Å². The van der Waals surface area contributed by atoms with E-state index in [0.717, 1.165) is 18.2 Å². The Bertz CT molecular complexity index is 288. The number of halogens is 2. The van der Waals surface area contributed by atoms with Gasteiger partial charge in [-0.1, -0.05) is 20.3 Å². The third-order valence-corrected chi connectivity index (χ3v) is 1.27. The molecule has 0 radical (unpaired) electrons. The molecule has 0 saturated carbocycles. The van der Waals surface area contributed by atoms with Crippen molar-refractivity contribution in [1.82, 2.24) is 0 Å². The van der Waals surface area contributed by atoms with E-state index in [4.69, 9.17) is 0 Å². The Labute approximate surface area is 82.8 Å². The molecule has 0 aliphatic carbocycles. The minimum Gasteiger partial charge on any atom is -0.295 e. The lowest BCUT2D eigenvalue weighted by atomic mass is 10.1. The van der Waals surface area contributed by atoms with Crippen LogP contribution in [0.5, 0.6) is 0 Å². The van der Waals surface area contributed by atoms with Gasteiger partial charge in [0.2, 0.25) is 0 Å². The van der Waals surface area contributed by atoms with E-state index in [0.29, 0.717) is 0 Å². The molecule has 3 heteroatoms. The summed E-state index contributed by atoms with van der Waals surface area (Å²) in [5.41, 5.74) is 0.0579. The van der Waals surface area contributed by atoms with Crippen molar-refractivity contribution in [2.24, 2.45) is 0 Å². The number of ketones is 1. The second-order valence-corrected chi connectivity index (χ2v) is 2.92. The molecule has 78 valence electrons. The van der Waals surface area contributed by atoms with Gasteiger partial charge in [-0.05, 0) is 19.1 Å². The molecule has 1 rings (SSSR count). The lowest BCUT2D eigenvalue weighted by molar-refractivity contribution is 0.101. The second-order valence-electron chi connectivity index (χ2n) is 2.92. The predicted molar refractivity (Wildman–Crippen MR) is 52.3 cm³/mol. The van der Waals surface area contributed by atoms with Crippen LogP contribution >= 0.6 is 0 Å². The summed E-state index contributed by atoms with van der Waals surface area (Å²) in [7, 11) is 0. The number of hydrogen-bond donors (Lipinski definition) is 0. The molecule has 0 heterocycles. The van der Waals surface area contributed by atoms with E-state index in [1.54, 1.807) is 0 Å². The molecular weight excluding hydrogens is 186 g/mol. The highest BCUT2D eigenvalue weighted by Crippen LogP contribution is 2.07. The second kappa shape index (κ2) is 6.24. The van der Waals surface area contributed by atoms with Gasteiger partial charge in [0, 0.05) is 11.6 Å². The molecule has 0 aliphatic heterocycles. The van der Waals surface area contributed by atoms with Crippen molar-refractivity contribution in [1.29, 1.82) is 0 Å². The van der Waals surface area contributed by atoms with E-state index in [2.05, 4.69) is 13.8 Å². The van der Waals surface area contributed by atoms with Crippen molar-refractivity contribution < 1.29 is 13.6 Å². The van der Waals surface area contributed by atoms with Crippen LogP contribution in [0.15, 0.2) is 18.2 Å². The van der Waals surface area contributed by atoms with Crippen molar-refractivity contribution >= 4 is 5.78 Å². The van der Waals surface area contributed by atoms with E-state index in [1.165, 1.54) is 13.3 Å². The number of rotatable bonds is 1. The van der Waals surface area contributed by atoms with Crippen LogP contribution in [-0.4, -0.2) is 5.78 Å². The van der Waals surface area contributed by atoms with Crippen molar-refractivity contribution in [3.63, 3.8) is 0 Å². The molecule has 0 bridgehead atoms. The summed E-state index contributed by atoms with van der Waals surface area (Å²) < 4.78 is 24.8.